The van der Waals surface area contributed by atoms with Crippen LogP contribution in [-0.4, -0.2) is 0.236 Å². The molecule has 0 aliphatic carbocycles. The zero-order valence-corrected chi connectivity index (χ0v) is 12.2. The third-order valence-corrected chi connectivity index (χ3v) is 27.4. The SMILES string of the molecule is [Cl][Ti]([Cl])([Cl])([Cl])[CH](I)I. The van der Waals surface area contributed by atoms with Crippen molar-refractivity contribution in [2.45, 2.75) is 0.236 Å². The van der Waals surface area contributed by atoms with E-state index in [2.05, 4.69) is 0 Å². The van der Waals surface area contributed by atoms with Crippen molar-refractivity contribution in [1.82, 2.24) is 0 Å². The summed E-state index contributed by atoms with van der Waals surface area (Å²) in [6.07, 6.45) is 0. The van der Waals surface area contributed by atoms with Crippen molar-refractivity contribution in [3.05, 3.63) is 0 Å². The molecule has 0 aliphatic heterocycles. The van der Waals surface area contributed by atoms with Crippen LogP contribution in [0, 0.1) is 0 Å². The van der Waals surface area contributed by atoms with Gasteiger partial charge in [-0.25, -0.2) is 0 Å². The Hall–Kier alpha value is 3.33. The molecule has 0 nitrogen and oxygen atoms in total. The van der Waals surface area contributed by atoms with Gasteiger partial charge in [-0.15, -0.1) is 0 Å². The Balaban J connectivity index is 4.14. The number of hydrogen-bond donors (Lipinski definition) is 0. The molecule has 0 saturated carbocycles. The van der Waals surface area contributed by atoms with Gasteiger partial charge in [0.05, 0.1) is 0 Å². The fraction of sp³-hybridized carbons (Fsp3) is 1.00. The van der Waals surface area contributed by atoms with Gasteiger partial charge in [0, 0.05) is 0 Å². The van der Waals surface area contributed by atoms with Crippen molar-refractivity contribution in [1.29, 1.82) is 0 Å². The zero-order valence-electron chi connectivity index (χ0n) is 3.35. The van der Waals surface area contributed by atoms with Crippen LogP contribution >= 0.6 is 82.4 Å². The molecule has 0 fully saturated rings. The first-order valence-corrected chi connectivity index (χ1v) is 13.5. The monoisotopic (exact) mass is 455 g/mol. The first-order valence-electron chi connectivity index (χ1n) is 1.48. The summed E-state index contributed by atoms with van der Waals surface area (Å²) in [6.45, 7) is 0. The van der Waals surface area contributed by atoms with Crippen molar-refractivity contribution < 1.29 is 11.1 Å². The average Bonchev–Trinajstić information content (AvgIpc) is 1.27. The Morgan fingerprint density at radius 2 is 1.12 bits per heavy atom. The zero-order chi connectivity index (χ0) is 7.02. The van der Waals surface area contributed by atoms with Crippen molar-refractivity contribution in [2.75, 3.05) is 0 Å². The van der Waals surface area contributed by atoms with E-state index in [1.54, 1.807) is 0 Å². The van der Waals surface area contributed by atoms with Gasteiger partial charge in [0.15, 0.2) is 0 Å². The molecule has 0 aromatic heterocycles. The van der Waals surface area contributed by atoms with E-state index in [1.807, 2.05) is 45.2 Å². The van der Waals surface area contributed by atoms with Gasteiger partial charge in [-0.3, -0.25) is 0 Å². The van der Waals surface area contributed by atoms with E-state index < -0.39 is 11.1 Å². The van der Waals surface area contributed by atoms with Crippen LogP contribution in [-0.2, 0) is 11.1 Å². The summed E-state index contributed by atoms with van der Waals surface area (Å²) in [7, 11) is 22.4. The second-order valence-corrected chi connectivity index (χ2v) is 31.0. The summed E-state index contributed by atoms with van der Waals surface area (Å²) in [4.78, 5) is 0. The predicted molar refractivity (Wildman–Crippen MR) is 55.2 cm³/mol. The molecule has 0 unspecified atom stereocenters. The van der Waals surface area contributed by atoms with Gasteiger partial charge >= 0.3 is 93.7 Å². The maximum absolute atomic E-state index is 5.60. The van der Waals surface area contributed by atoms with Crippen LogP contribution in [0.4, 0.5) is 0 Å². The molecule has 7 heteroatoms. The van der Waals surface area contributed by atoms with Gasteiger partial charge in [0.25, 0.3) is 0 Å². The van der Waals surface area contributed by atoms with Crippen molar-refractivity contribution >= 4 is 82.4 Å². The molecule has 0 aromatic rings. The van der Waals surface area contributed by atoms with Crippen LogP contribution in [0.5, 0.6) is 0 Å². The Kier molecular flexibility index (Phi) is 4.78. The van der Waals surface area contributed by atoms with Gasteiger partial charge < -0.3 is 0 Å². The second kappa shape index (κ2) is 3.37. The summed E-state index contributed by atoms with van der Waals surface area (Å²) >= 11 is 0.0933. The molecule has 0 spiro atoms. The Morgan fingerprint density at radius 3 is 1.12 bits per heavy atom. The third-order valence-electron chi connectivity index (χ3n) is 0.330. The van der Waals surface area contributed by atoms with Crippen molar-refractivity contribution in [3.8, 4) is 0 Å². The van der Waals surface area contributed by atoms with Gasteiger partial charge in [0.1, 0.15) is 0 Å². The van der Waals surface area contributed by atoms with Crippen LogP contribution in [0.2, 0.25) is 0 Å². The molecule has 51 valence electrons. The second-order valence-electron chi connectivity index (χ2n) is 1.17. The van der Waals surface area contributed by atoms with E-state index in [4.69, 9.17) is 37.2 Å². The average molecular weight is 457 g/mol. The quantitative estimate of drug-likeness (QED) is 0.311. The number of rotatable bonds is 1. The van der Waals surface area contributed by atoms with Crippen LogP contribution in [0.25, 0.3) is 0 Å². The molecule has 0 bridgehead atoms. The van der Waals surface area contributed by atoms with E-state index >= 15 is 0 Å². The summed E-state index contributed by atoms with van der Waals surface area (Å²) in [5, 5.41) is 0. The Labute approximate surface area is 91.6 Å². The number of halogens is 6. The van der Waals surface area contributed by atoms with Gasteiger partial charge in [-0.2, -0.15) is 0 Å². The molecular formula is CHCl4I2Ti. The van der Waals surface area contributed by atoms with Crippen molar-refractivity contribution in [3.63, 3.8) is 0 Å². The molecule has 0 atom stereocenters. The van der Waals surface area contributed by atoms with E-state index in [9.17, 15) is 0 Å². The summed E-state index contributed by atoms with van der Waals surface area (Å²) in [5.41, 5.74) is 0. The predicted octanol–water partition coefficient (Wildman–Crippen LogP) is 4.44. The van der Waals surface area contributed by atoms with Crippen LogP contribution in [0.1, 0.15) is 0 Å². The molecule has 0 saturated heterocycles. The minimum absolute atomic E-state index is 0.0612. The molecule has 0 heterocycles. The minimum atomic E-state index is -3.93. The van der Waals surface area contributed by atoms with E-state index in [0.29, 0.717) is 0 Å². The maximum atomic E-state index is 5.60. The van der Waals surface area contributed by atoms with Crippen molar-refractivity contribution in [2.24, 2.45) is 0 Å². The van der Waals surface area contributed by atoms with Crippen LogP contribution in [0.15, 0.2) is 0 Å². The molecule has 0 radical (unpaired) electrons. The molecule has 8 heavy (non-hydrogen) atoms. The normalized spacial score (nSPS) is 18.1. The molecule has 0 amide bonds. The Morgan fingerprint density at radius 1 is 1.00 bits per heavy atom. The van der Waals surface area contributed by atoms with E-state index in [1.165, 1.54) is 0 Å². The summed E-state index contributed by atoms with van der Waals surface area (Å²) in [5.74, 6) is 0. The summed E-state index contributed by atoms with van der Waals surface area (Å²) in [6, 6.07) is 0. The van der Waals surface area contributed by atoms with E-state index in [0.717, 1.165) is 0 Å². The fourth-order valence-corrected chi connectivity index (χ4v) is 0. The number of alkyl halides is 2. The molecule has 0 aromatic carbocycles. The van der Waals surface area contributed by atoms with Crippen LogP contribution < -0.4 is 0 Å². The van der Waals surface area contributed by atoms with Gasteiger partial charge in [0.2, 0.25) is 0 Å². The topological polar surface area (TPSA) is 0 Å². The first-order chi connectivity index (χ1) is 3.20. The van der Waals surface area contributed by atoms with E-state index in [-0.39, 0.29) is 0.236 Å². The summed E-state index contributed by atoms with van der Waals surface area (Å²) < 4.78 is -0.0612. The third kappa shape index (κ3) is 5.05. The molecule has 0 aliphatic rings. The van der Waals surface area contributed by atoms with Gasteiger partial charge in [-0.1, -0.05) is 0 Å². The molecule has 0 N–H and O–H groups in total. The Bertz CT molecular complexity index is 84.7. The molecule has 0 rings (SSSR count). The fourth-order valence-electron chi connectivity index (χ4n) is 0. The number of hydrogen-bond acceptors (Lipinski definition) is 0. The molecular weight excluding hydrogens is 455 g/mol. The standard InChI is InChI=1S/CHI2.4ClH.Ti/c2-1-3;;;;;/h1H;4*1H;/q;;;;;+4/p-4. The van der Waals surface area contributed by atoms with Crippen LogP contribution in [0.3, 0.4) is 0 Å². The first kappa shape index (κ1) is 11.3. The van der Waals surface area contributed by atoms with Gasteiger partial charge in [-0.05, 0) is 0 Å².